The first-order valence-electron chi connectivity index (χ1n) is 6.04. The van der Waals surface area contributed by atoms with Crippen LogP contribution < -0.4 is 4.72 Å². The number of nitro groups is 1. The smallest absolute Gasteiger partial charge is 0.292 e. The van der Waals surface area contributed by atoms with E-state index in [0.717, 1.165) is 18.2 Å². The summed E-state index contributed by atoms with van der Waals surface area (Å²) in [6.07, 6.45) is 0.0568. The third-order valence-electron chi connectivity index (χ3n) is 2.88. The van der Waals surface area contributed by atoms with E-state index in [4.69, 9.17) is 9.47 Å². The van der Waals surface area contributed by atoms with Crippen LogP contribution in [0.2, 0.25) is 0 Å². The Balaban J connectivity index is 2.21. The summed E-state index contributed by atoms with van der Waals surface area (Å²) >= 11 is 0. The van der Waals surface area contributed by atoms with Gasteiger partial charge < -0.3 is 9.47 Å². The summed E-state index contributed by atoms with van der Waals surface area (Å²) in [7, 11) is -4.35. The molecule has 0 saturated carbocycles. The Bertz CT molecular complexity index is 630. The van der Waals surface area contributed by atoms with Crippen LogP contribution in [0.5, 0.6) is 0 Å². The van der Waals surface area contributed by atoms with Gasteiger partial charge in [-0.1, -0.05) is 6.07 Å². The number of halogens is 1. The Morgan fingerprint density at radius 1 is 1.48 bits per heavy atom. The van der Waals surface area contributed by atoms with Gasteiger partial charge >= 0.3 is 0 Å². The summed E-state index contributed by atoms with van der Waals surface area (Å²) in [6, 6.07) is 2.86. The van der Waals surface area contributed by atoms with E-state index >= 15 is 0 Å². The third-order valence-corrected chi connectivity index (χ3v) is 4.37. The molecular formula is C11H13FN2O6S. The van der Waals surface area contributed by atoms with Crippen molar-refractivity contribution in [3.05, 3.63) is 34.1 Å². The van der Waals surface area contributed by atoms with Gasteiger partial charge in [0.15, 0.2) is 4.90 Å². The minimum absolute atomic E-state index is 0.0479. The lowest BCUT2D eigenvalue weighted by Gasteiger charge is -2.22. The van der Waals surface area contributed by atoms with Gasteiger partial charge in [0.1, 0.15) is 12.6 Å². The van der Waals surface area contributed by atoms with Crippen molar-refractivity contribution >= 4 is 15.7 Å². The monoisotopic (exact) mass is 320 g/mol. The van der Waals surface area contributed by atoms with Crippen molar-refractivity contribution in [1.29, 1.82) is 0 Å². The molecule has 116 valence electrons. The molecule has 0 bridgehead atoms. The standard InChI is InChI=1S/C11H13FN2O6S/c12-9-2-1-3-10(14(15)16)11(9)21(17,18)13-6-8-4-5-19-7-20-8/h1-3,8,13H,4-7H2/t8-/m0/s1. The molecule has 21 heavy (non-hydrogen) atoms. The molecule has 1 aromatic carbocycles. The van der Waals surface area contributed by atoms with Gasteiger partial charge in [-0.3, -0.25) is 10.1 Å². The number of benzene rings is 1. The van der Waals surface area contributed by atoms with Crippen LogP contribution in [-0.4, -0.2) is 39.4 Å². The van der Waals surface area contributed by atoms with E-state index in [1.54, 1.807) is 0 Å². The zero-order chi connectivity index (χ0) is 15.5. The predicted octanol–water partition coefficient (Wildman–Crippen LogP) is 0.775. The normalized spacial score (nSPS) is 19.4. The SMILES string of the molecule is O=[N+]([O-])c1cccc(F)c1S(=O)(=O)NC[C@@H]1CCOCO1. The molecule has 1 aliphatic heterocycles. The van der Waals surface area contributed by atoms with E-state index in [9.17, 15) is 22.9 Å². The van der Waals surface area contributed by atoms with Crippen molar-refractivity contribution < 1.29 is 27.2 Å². The zero-order valence-electron chi connectivity index (χ0n) is 10.8. The Kier molecular flexibility index (Phi) is 4.83. The molecule has 0 aliphatic carbocycles. The van der Waals surface area contributed by atoms with Crippen molar-refractivity contribution in [2.24, 2.45) is 0 Å². The molecule has 10 heteroatoms. The minimum Gasteiger partial charge on any atom is -0.355 e. The lowest BCUT2D eigenvalue weighted by molar-refractivity contribution is -0.388. The summed E-state index contributed by atoms with van der Waals surface area (Å²) in [5, 5.41) is 10.8. The van der Waals surface area contributed by atoms with Gasteiger partial charge in [0, 0.05) is 12.6 Å². The number of nitro benzene ring substituents is 1. The number of hydrogen-bond acceptors (Lipinski definition) is 6. The van der Waals surface area contributed by atoms with Gasteiger partial charge in [-0.2, -0.15) is 0 Å². The van der Waals surface area contributed by atoms with E-state index in [0.29, 0.717) is 13.0 Å². The van der Waals surface area contributed by atoms with Gasteiger partial charge in [-0.25, -0.2) is 17.5 Å². The highest BCUT2D eigenvalue weighted by Gasteiger charge is 2.30. The molecule has 0 amide bonds. The highest BCUT2D eigenvalue weighted by Crippen LogP contribution is 2.26. The number of rotatable bonds is 5. The topological polar surface area (TPSA) is 108 Å². The fourth-order valence-electron chi connectivity index (χ4n) is 1.84. The van der Waals surface area contributed by atoms with Crippen molar-refractivity contribution in [3.8, 4) is 0 Å². The van der Waals surface area contributed by atoms with E-state index in [1.807, 2.05) is 0 Å². The maximum absolute atomic E-state index is 13.7. The third kappa shape index (κ3) is 3.73. The molecule has 1 aliphatic rings. The van der Waals surface area contributed by atoms with Crippen LogP contribution in [0.3, 0.4) is 0 Å². The Morgan fingerprint density at radius 2 is 2.24 bits per heavy atom. The summed E-state index contributed by atoms with van der Waals surface area (Å²) < 4.78 is 50.1. The number of sulfonamides is 1. The van der Waals surface area contributed by atoms with Crippen molar-refractivity contribution in [3.63, 3.8) is 0 Å². The molecule has 1 fully saturated rings. The first kappa shape index (κ1) is 15.8. The van der Waals surface area contributed by atoms with E-state index in [-0.39, 0.29) is 13.3 Å². The maximum atomic E-state index is 13.7. The average molecular weight is 320 g/mol. The number of ether oxygens (including phenoxy) is 2. The molecule has 0 unspecified atom stereocenters. The predicted molar refractivity (Wildman–Crippen MR) is 68.6 cm³/mol. The van der Waals surface area contributed by atoms with Crippen LogP contribution in [-0.2, 0) is 19.5 Å². The van der Waals surface area contributed by atoms with Crippen LogP contribution in [0.1, 0.15) is 6.42 Å². The second kappa shape index (κ2) is 6.43. The van der Waals surface area contributed by atoms with Crippen LogP contribution in [0.15, 0.2) is 23.1 Å². The molecule has 0 radical (unpaired) electrons. The Hall–Kier alpha value is -1.62. The first-order chi connectivity index (χ1) is 9.92. The number of nitrogens with zero attached hydrogens (tertiary/aromatic N) is 1. The van der Waals surface area contributed by atoms with Gasteiger partial charge in [0.05, 0.1) is 17.6 Å². The molecule has 2 rings (SSSR count). The molecule has 0 spiro atoms. The molecule has 8 nitrogen and oxygen atoms in total. The highest BCUT2D eigenvalue weighted by molar-refractivity contribution is 7.89. The average Bonchev–Trinajstić information content (AvgIpc) is 2.46. The van der Waals surface area contributed by atoms with Crippen LogP contribution in [0, 0.1) is 15.9 Å². The molecule has 1 N–H and O–H groups in total. The first-order valence-corrected chi connectivity index (χ1v) is 7.52. The second-order valence-electron chi connectivity index (χ2n) is 4.30. The molecule has 1 atom stereocenters. The fraction of sp³-hybridized carbons (Fsp3) is 0.455. The van der Waals surface area contributed by atoms with Gasteiger partial charge in [0.2, 0.25) is 10.0 Å². The molecule has 1 heterocycles. The molecule has 1 saturated heterocycles. The largest absolute Gasteiger partial charge is 0.355 e. The summed E-state index contributed by atoms with van der Waals surface area (Å²) in [5.74, 6) is -1.18. The summed E-state index contributed by atoms with van der Waals surface area (Å²) in [4.78, 5) is 8.92. The van der Waals surface area contributed by atoms with Crippen LogP contribution in [0.25, 0.3) is 0 Å². The molecular weight excluding hydrogens is 307 g/mol. The zero-order valence-corrected chi connectivity index (χ0v) is 11.6. The lowest BCUT2D eigenvalue weighted by atomic mass is 10.2. The second-order valence-corrected chi connectivity index (χ2v) is 6.00. The van der Waals surface area contributed by atoms with Crippen molar-refractivity contribution in [2.75, 3.05) is 19.9 Å². The summed E-state index contributed by atoms with van der Waals surface area (Å²) in [5.41, 5.74) is -0.810. The molecule has 0 aromatic heterocycles. The maximum Gasteiger partial charge on any atom is 0.292 e. The minimum atomic E-state index is -4.35. The quantitative estimate of drug-likeness (QED) is 0.634. The molecule has 1 aromatic rings. The number of nitrogens with one attached hydrogen (secondary N) is 1. The van der Waals surface area contributed by atoms with Crippen molar-refractivity contribution in [1.82, 2.24) is 4.72 Å². The van der Waals surface area contributed by atoms with Gasteiger partial charge in [-0.15, -0.1) is 0 Å². The van der Waals surface area contributed by atoms with E-state index in [1.165, 1.54) is 0 Å². The Morgan fingerprint density at radius 3 is 2.86 bits per heavy atom. The van der Waals surface area contributed by atoms with Crippen LogP contribution in [0.4, 0.5) is 10.1 Å². The Labute approximate surface area is 120 Å². The lowest BCUT2D eigenvalue weighted by Crippen LogP contribution is -2.37. The highest BCUT2D eigenvalue weighted by atomic mass is 32.2. The summed E-state index contributed by atoms with van der Waals surface area (Å²) in [6.45, 7) is 0.357. The van der Waals surface area contributed by atoms with Gasteiger partial charge in [0.25, 0.3) is 5.69 Å². The number of hydrogen-bond donors (Lipinski definition) is 1. The van der Waals surface area contributed by atoms with Gasteiger partial charge in [-0.05, 0) is 12.5 Å². The van der Waals surface area contributed by atoms with Crippen LogP contribution >= 0.6 is 0 Å². The fourth-order valence-corrected chi connectivity index (χ4v) is 3.14. The van der Waals surface area contributed by atoms with Crippen molar-refractivity contribution in [2.45, 2.75) is 17.4 Å². The van der Waals surface area contributed by atoms with E-state index < -0.39 is 37.5 Å². The van der Waals surface area contributed by atoms with E-state index in [2.05, 4.69) is 4.72 Å².